The first kappa shape index (κ1) is 14.4. The molecule has 0 amide bonds. The van der Waals surface area contributed by atoms with E-state index in [0.29, 0.717) is 6.04 Å². The number of rotatable bonds is 5. The third-order valence-electron chi connectivity index (χ3n) is 3.04. The van der Waals surface area contributed by atoms with Gasteiger partial charge in [0.2, 0.25) is 0 Å². The monoisotopic (exact) mass is 291 g/mol. The highest BCUT2D eigenvalue weighted by molar-refractivity contribution is 7.99. The van der Waals surface area contributed by atoms with E-state index in [1.165, 1.54) is 16.0 Å². The predicted molar refractivity (Wildman–Crippen MR) is 85.2 cm³/mol. The third kappa shape index (κ3) is 4.27. The van der Waals surface area contributed by atoms with Gasteiger partial charge in [0, 0.05) is 21.7 Å². The van der Waals surface area contributed by atoms with Gasteiger partial charge < -0.3 is 5.32 Å². The van der Waals surface area contributed by atoms with Crippen LogP contribution >= 0.6 is 23.4 Å². The molecule has 2 rings (SSSR count). The maximum absolute atomic E-state index is 6.00. The van der Waals surface area contributed by atoms with Crippen molar-refractivity contribution in [3.05, 3.63) is 64.7 Å². The van der Waals surface area contributed by atoms with Gasteiger partial charge in [-0.25, -0.2) is 0 Å². The molecule has 0 saturated carbocycles. The number of nitrogens with one attached hydrogen (secondary N) is 1. The largest absolute Gasteiger partial charge is 0.312 e. The molecule has 1 nitrogen and oxygen atoms in total. The number of thioether (sulfide) groups is 1. The topological polar surface area (TPSA) is 12.0 Å². The number of benzene rings is 2. The van der Waals surface area contributed by atoms with Crippen molar-refractivity contribution in [2.75, 3.05) is 12.8 Å². The van der Waals surface area contributed by atoms with Crippen LogP contribution in [0.15, 0.2) is 53.4 Å². The van der Waals surface area contributed by atoms with Crippen LogP contribution < -0.4 is 5.32 Å². The summed E-state index contributed by atoms with van der Waals surface area (Å²) in [5.41, 5.74) is 2.61. The zero-order chi connectivity index (χ0) is 13.7. The molecule has 2 aromatic carbocycles. The average molecular weight is 292 g/mol. The molecule has 1 unspecified atom stereocenters. The second-order valence-corrected chi connectivity index (χ2v) is 6.05. The Labute approximate surface area is 124 Å². The Morgan fingerprint density at radius 1 is 1.16 bits per heavy atom. The van der Waals surface area contributed by atoms with Gasteiger partial charge in [0.25, 0.3) is 0 Å². The minimum absolute atomic E-state index is 0.351. The Morgan fingerprint density at radius 2 is 1.89 bits per heavy atom. The highest BCUT2D eigenvalue weighted by Gasteiger charge is 2.09. The van der Waals surface area contributed by atoms with Gasteiger partial charge in [-0.1, -0.05) is 47.5 Å². The molecule has 19 heavy (non-hydrogen) atoms. The molecule has 0 saturated heterocycles. The van der Waals surface area contributed by atoms with Gasteiger partial charge >= 0.3 is 0 Å². The van der Waals surface area contributed by atoms with Gasteiger partial charge in [-0.3, -0.25) is 0 Å². The molecule has 0 aliphatic heterocycles. The highest BCUT2D eigenvalue weighted by atomic mass is 35.5. The standard InChI is InChI=1S/C16H18ClNS/c1-12-6-8-13(9-7-12)16(18-2)11-19-15-5-3-4-14(17)10-15/h3-10,16,18H,11H2,1-2H3. The van der Waals surface area contributed by atoms with Crippen molar-refractivity contribution in [3.63, 3.8) is 0 Å². The fourth-order valence-corrected chi connectivity index (χ4v) is 3.24. The van der Waals surface area contributed by atoms with Crippen molar-refractivity contribution in [2.45, 2.75) is 17.9 Å². The number of aryl methyl sites for hydroxylation is 1. The lowest BCUT2D eigenvalue weighted by molar-refractivity contribution is 0.661. The van der Waals surface area contributed by atoms with Crippen LogP contribution in [0.25, 0.3) is 0 Å². The molecular weight excluding hydrogens is 274 g/mol. The molecule has 1 N–H and O–H groups in total. The van der Waals surface area contributed by atoms with Gasteiger partial charge in [0.1, 0.15) is 0 Å². The smallest absolute Gasteiger partial charge is 0.0417 e. The van der Waals surface area contributed by atoms with Crippen molar-refractivity contribution in [2.24, 2.45) is 0 Å². The van der Waals surface area contributed by atoms with Gasteiger partial charge in [-0.2, -0.15) is 0 Å². The zero-order valence-corrected chi connectivity index (χ0v) is 12.8. The summed E-state index contributed by atoms with van der Waals surface area (Å²) >= 11 is 7.82. The Bertz CT molecular complexity index is 525. The van der Waals surface area contributed by atoms with Crippen LogP contribution in [-0.2, 0) is 0 Å². The number of halogens is 1. The molecule has 0 radical (unpaired) electrons. The normalized spacial score (nSPS) is 12.4. The summed E-state index contributed by atoms with van der Waals surface area (Å²) in [6.45, 7) is 2.11. The van der Waals surface area contributed by atoms with E-state index in [2.05, 4.69) is 42.6 Å². The van der Waals surface area contributed by atoms with Crippen molar-refractivity contribution in [1.82, 2.24) is 5.32 Å². The van der Waals surface area contributed by atoms with E-state index in [1.54, 1.807) is 0 Å². The molecule has 0 aliphatic carbocycles. The first-order valence-electron chi connectivity index (χ1n) is 6.31. The molecule has 0 fully saturated rings. The van der Waals surface area contributed by atoms with Crippen LogP contribution in [-0.4, -0.2) is 12.8 Å². The summed E-state index contributed by atoms with van der Waals surface area (Å²) < 4.78 is 0. The molecular formula is C16H18ClNS. The maximum Gasteiger partial charge on any atom is 0.0417 e. The number of hydrogen-bond donors (Lipinski definition) is 1. The lowest BCUT2D eigenvalue weighted by atomic mass is 10.1. The fraction of sp³-hybridized carbons (Fsp3) is 0.250. The molecule has 2 aromatic rings. The molecule has 100 valence electrons. The van der Waals surface area contributed by atoms with E-state index in [-0.39, 0.29) is 0 Å². The quantitative estimate of drug-likeness (QED) is 0.801. The zero-order valence-electron chi connectivity index (χ0n) is 11.2. The number of hydrogen-bond acceptors (Lipinski definition) is 2. The van der Waals surface area contributed by atoms with Crippen LogP contribution in [0.3, 0.4) is 0 Å². The van der Waals surface area contributed by atoms with Crippen molar-refractivity contribution in [3.8, 4) is 0 Å². The molecule has 3 heteroatoms. The fourth-order valence-electron chi connectivity index (χ4n) is 1.88. The molecule has 0 aromatic heterocycles. The van der Waals surface area contributed by atoms with Crippen LogP contribution in [0, 0.1) is 6.92 Å². The molecule has 0 bridgehead atoms. The lowest BCUT2D eigenvalue weighted by Crippen LogP contribution is -2.18. The predicted octanol–water partition coefficient (Wildman–Crippen LogP) is 4.70. The van der Waals surface area contributed by atoms with E-state index in [1.807, 2.05) is 37.0 Å². The molecule has 0 spiro atoms. The van der Waals surface area contributed by atoms with E-state index < -0.39 is 0 Å². The van der Waals surface area contributed by atoms with E-state index in [9.17, 15) is 0 Å². The molecule has 0 aliphatic rings. The van der Waals surface area contributed by atoms with Crippen molar-refractivity contribution in [1.29, 1.82) is 0 Å². The van der Waals surface area contributed by atoms with Gasteiger partial charge in [-0.05, 0) is 37.7 Å². The van der Waals surface area contributed by atoms with E-state index in [4.69, 9.17) is 11.6 Å². The van der Waals surface area contributed by atoms with Gasteiger partial charge in [0.05, 0.1) is 0 Å². The van der Waals surface area contributed by atoms with E-state index >= 15 is 0 Å². The first-order chi connectivity index (χ1) is 9.19. The lowest BCUT2D eigenvalue weighted by Gasteiger charge is -2.16. The van der Waals surface area contributed by atoms with Crippen LogP contribution in [0.5, 0.6) is 0 Å². The second kappa shape index (κ2) is 6.99. The van der Waals surface area contributed by atoms with Crippen LogP contribution in [0.2, 0.25) is 5.02 Å². The minimum Gasteiger partial charge on any atom is -0.312 e. The summed E-state index contributed by atoms with van der Waals surface area (Å²) in [6, 6.07) is 17.0. The van der Waals surface area contributed by atoms with Crippen LogP contribution in [0.1, 0.15) is 17.2 Å². The summed E-state index contributed by atoms with van der Waals surface area (Å²) in [4.78, 5) is 1.21. The maximum atomic E-state index is 6.00. The Kier molecular flexibility index (Phi) is 5.32. The first-order valence-corrected chi connectivity index (χ1v) is 7.67. The average Bonchev–Trinajstić information content (AvgIpc) is 2.41. The second-order valence-electron chi connectivity index (χ2n) is 4.52. The van der Waals surface area contributed by atoms with Gasteiger partial charge in [-0.15, -0.1) is 11.8 Å². The Morgan fingerprint density at radius 3 is 2.53 bits per heavy atom. The Hall–Kier alpha value is -0.960. The van der Waals surface area contributed by atoms with Crippen molar-refractivity contribution >= 4 is 23.4 Å². The molecule has 1 atom stereocenters. The summed E-state index contributed by atoms with van der Waals surface area (Å²) in [5, 5.41) is 4.16. The third-order valence-corrected chi connectivity index (χ3v) is 4.36. The van der Waals surface area contributed by atoms with Crippen LogP contribution in [0.4, 0.5) is 0 Å². The SMILES string of the molecule is CNC(CSc1cccc(Cl)c1)c1ccc(C)cc1. The minimum atomic E-state index is 0.351. The highest BCUT2D eigenvalue weighted by Crippen LogP contribution is 2.26. The summed E-state index contributed by atoms with van der Waals surface area (Å²) in [5.74, 6) is 0.986. The summed E-state index contributed by atoms with van der Waals surface area (Å²) in [6.07, 6.45) is 0. The summed E-state index contributed by atoms with van der Waals surface area (Å²) in [7, 11) is 2.00. The van der Waals surface area contributed by atoms with Crippen molar-refractivity contribution < 1.29 is 0 Å². The van der Waals surface area contributed by atoms with E-state index in [0.717, 1.165) is 10.8 Å². The van der Waals surface area contributed by atoms with Gasteiger partial charge in [0.15, 0.2) is 0 Å². The molecule has 0 heterocycles. The Balaban J connectivity index is 2.01.